The van der Waals surface area contributed by atoms with Crippen LogP contribution in [0.2, 0.25) is 5.02 Å². The van der Waals surface area contributed by atoms with E-state index in [1.54, 1.807) is 0 Å². The minimum Gasteiger partial charge on any atom is -0.329 e. The molecule has 0 bridgehead atoms. The first-order valence-corrected chi connectivity index (χ1v) is 8.52. The molecule has 0 saturated carbocycles. The summed E-state index contributed by atoms with van der Waals surface area (Å²) in [5.41, 5.74) is 8.60. The lowest BCUT2D eigenvalue weighted by Gasteiger charge is -2.24. The molecular weight excluding hydrogens is 282 g/mol. The smallest absolute Gasteiger partial charge is 0.0477 e. The van der Waals surface area contributed by atoms with Crippen molar-refractivity contribution in [3.05, 3.63) is 34.3 Å². The van der Waals surface area contributed by atoms with Gasteiger partial charge < -0.3 is 10.6 Å². The third-order valence-corrected chi connectivity index (χ3v) is 4.96. The molecule has 2 N–H and O–H groups in total. The fourth-order valence-electron chi connectivity index (χ4n) is 3.27. The maximum absolute atomic E-state index is 6.32. The van der Waals surface area contributed by atoms with Crippen LogP contribution in [0.1, 0.15) is 43.9 Å². The van der Waals surface area contributed by atoms with Crippen molar-refractivity contribution in [1.29, 1.82) is 0 Å². The van der Waals surface area contributed by atoms with E-state index in [4.69, 9.17) is 17.3 Å². The summed E-state index contributed by atoms with van der Waals surface area (Å²) >= 11 is 6.32. The Kier molecular flexibility index (Phi) is 6.49. The Bertz CT molecular complexity index is 446. The maximum atomic E-state index is 6.32. The topological polar surface area (TPSA) is 32.5 Å². The first-order valence-electron chi connectivity index (χ1n) is 8.15. The van der Waals surface area contributed by atoms with Crippen LogP contribution in [0.3, 0.4) is 0 Å². The number of rotatable bonds is 8. The lowest BCUT2D eigenvalue weighted by Crippen LogP contribution is -2.30. The predicted molar refractivity (Wildman–Crippen MR) is 90.7 cm³/mol. The average molecular weight is 310 g/mol. The van der Waals surface area contributed by atoms with E-state index in [9.17, 15) is 0 Å². The van der Waals surface area contributed by atoms with Crippen LogP contribution in [0.25, 0.3) is 0 Å². The first kappa shape index (κ1) is 16.8. The Morgan fingerprint density at radius 3 is 2.71 bits per heavy atom. The standard InChI is InChI=1S/C17H28ClN3/c1-3-20(4-2)10-5-6-11-21-13-15-14(17(21)12-19)8-7-9-16(15)18/h7-9,17H,3-6,10-13,19H2,1-2H3. The molecule has 1 unspecified atom stereocenters. The number of halogens is 1. The molecule has 3 nitrogen and oxygen atoms in total. The summed E-state index contributed by atoms with van der Waals surface area (Å²) < 4.78 is 0. The largest absolute Gasteiger partial charge is 0.329 e. The zero-order valence-corrected chi connectivity index (χ0v) is 14.1. The molecule has 4 heteroatoms. The number of hydrogen-bond donors (Lipinski definition) is 1. The molecule has 118 valence electrons. The summed E-state index contributed by atoms with van der Waals surface area (Å²) in [7, 11) is 0. The summed E-state index contributed by atoms with van der Waals surface area (Å²) in [4.78, 5) is 4.97. The number of nitrogens with two attached hydrogens (primary N) is 1. The van der Waals surface area contributed by atoms with Gasteiger partial charge in [-0.3, -0.25) is 4.90 Å². The van der Waals surface area contributed by atoms with Crippen LogP contribution in [0.5, 0.6) is 0 Å². The molecule has 0 aromatic heterocycles. The normalized spacial score (nSPS) is 18.4. The van der Waals surface area contributed by atoms with Crippen molar-refractivity contribution < 1.29 is 0 Å². The third-order valence-electron chi connectivity index (χ3n) is 4.60. The summed E-state index contributed by atoms with van der Waals surface area (Å²) in [6, 6.07) is 6.53. The molecule has 1 heterocycles. The van der Waals surface area contributed by atoms with Gasteiger partial charge in [0.1, 0.15) is 0 Å². The molecule has 1 atom stereocenters. The van der Waals surface area contributed by atoms with Gasteiger partial charge in [-0.2, -0.15) is 0 Å². The van der Waals surface area contributed by atoms with Crippen molar-refractivity contribution >= 4 is 11.6 Å². The molecule has 1 aromatic carbocycles. The molecule has 0 amide bonds. The molecule has 1 aliphatic rings. The molecule has 0 radical (unpaired) electrons. The lowest BCUT2D eigenvalue weighted by molar-refractivity contribution is 0.208. The Labute approximate surface area is 134 Å². The zero-order valence-electron chi connectivity index (χ0n) is 13.3. The fourth-order valence-corrected chi connectivity index (χ4v) is 3.51. The lowest BCUT2D eigenvalue weighted by atomic mass is 10.1. The van der Waals surface area contributed by atoms with Crippen LogP contribution in [-0.4, -0.2) is 42.5 Å². The molecular formula is C17H28ClN3. The molecule has 0 saturated heterocycles. The van der Waals surface area contributed by atoms with Crippen molar-refractivity contribution in [3.8, 4) is 0 Å². The van der Waals surface area contributed by atoms with Crippen LogP contribution >= 0.6 is 11.6 Å². The van der Waals surface area contributed by atoms with Gasteiger partial charge in [0.2, 0.25) is 0 Å². The van der Waals surface area contributed by atoms with Gasteiger partial charge in [0.25, 0.3) is 0 Å². The maximum Gasteiger partial charge on any atom is 0.0477 e. The van der Waals surface area contributed by atoms with E-state index in [0.717, 1.165) is 31.2 Å². The van der Waals surface area contributed by atoms with Crippen LogP contribution in [0, 0.1) is 0 Å². The van der Waals surface area contributed by atoms with Gasteiger partial charge in [-0.25, -0.2) is 0 Å². The van der Waals surface area contributed by atoms with Gasteiger partial charge in [0, 0.05) is 24.2 Å². The predicted octanol–water partition coefficient (Wildman–Crippen LogP) is 3.28. The van der Waals surface area contributed by atoms with Crippen LogP contribution in [-0.2, 0) is 6.54 Å². The Balaban J connectivity index is 1.86. The van der Waals surface area contributed by atoms with E-state index in [1.807, 2.05) is 12.1 Å². The average Bonchev–Trinajstić information content (AvgIpc) is 2.86. The van der Waals surface area contributed by atoms with Gasteiger partial charge in [-0.05, 0) is 56.2 Å². The van der Waals surface area contributed by atoms with Crippen molar-refractivity contribution in [2.75, 3.05) is 32.7 Å². The SMILES string of the molecule is CCN(CC)CCCCN1Cc2c(Cl)cccc2C1CN. The fraction of sp³-hybridized carbons (Fsp3) is 0.647. The van der Waals surface area contributed by atoms with E-state index in [0.29, 0.717) is 12.6 Å². The zero-order chi connectivity index (χ0) is 15.2. The number of fused-ring (bicyclic) bond motifs is 1. The molecule has 2 rings (SSSR count). The molecule has 0 aliphatic carbocycles. The highest BCUT2D eigenvalue weighted by molar-refractivity contribution is 6.31. The van der Waals surface area contributed by atoms with Crippen LogP contribution < -0.4 is 5.73 Å². The molecule has 0 spiro atoms. The first-order chi connectivity index (χ1) is 10.2. The Morgan fingerprint density at radius 1 is 1.29 bits per heavy atom. The van der Waals surface area contributed by atoms with Crippen molar-refractivity contribution in [3.63, 3.8) is 0 Å². The second-order valence-corrected chi connectivity index (χ2v) is 6.17. The Morgan fingerprint density at radius 2 is 2.05 bits per heavy atom. The number of unbranched alkanes of at least 4 members (excludes halogenated alkanes) is 1. The summed E-state index contributed by atoms with van der Waals surface area (Å²) in [6.07, 6.45) is 2.47. The van der Waals surface area contributed by atoms with Gasteiger partial charge >= 0.3 is 0 Å². The van der Waals surface area contributed by atoms with Gasteiger partial charge in [0.15, 0.2) is 0 Å². The summed E-state index contributed by atoms with van der Waals surface area (Å²) in [6.45, 7) is 10.7. The van der Waals surface area contributed by atoms with E-state index in [-0.39, 0.29) is 0 Å². The molecule has 1 aliphatic heterocycles. The second kappa shape index (κ2) is 8.14. The number of benzene rings is 1. The minimum atomic E-state index is 0.340. The molecule has 21 heavy (non-hydrogen) atoms. The van der Waals surface area contributed by atoms with E-state index in [1.165, 1.54) is 30.5 Å². The monoisotopic (exact) mass is 309 g/mol. The van der Waals surface area contributed by atoms with E-state index in [2.05, 4.69) is 29.7 Å². The van der Waals surface area contributed by atoms with Crippen LogP contribution in [0.15, 0.2) is 18.2 Å². The quantitative estimate of drug-likeness (QED) is 0.748. The highest BCUT2D eigenvalue weighted by Gasteiger charge is 2.29. The summed E-state index contributed by atoms with van der Waals surface area (Å²) in [5.74, 6) is 0. The highest BCUT2D eigenvalue weighted by atomic mass is 35.5. The molecule has 1 aromatic rings. The number of nitrogens with zero attached hydrogens (tertiary/aromatic N) is 2. The number of hydrogen-bond acceptors (Lipinski definition) is 3. The van der Waals surface area contributed by atoms with Gasteiger partial charge in [-0.1, -0.05) is 37.6 Å². The Hall–Kier alpha value is -0.610. The third kappa shape index (κ3) is 3.98. The van der Waals surface area contributed by atoms with E-state index >= 15 is 0 Å². The minimum absolute atomic E-state index is 0.340. The molecule has 0 fully saturated rings. The van der Waals surface area contributed by atoms with Crippen LogP contribution in [0.4, 0.5) is 0 Å². The van der Waals surface area contributed by atoms with Gasteiger partial charge in [-0.15, -0.1) is 0 Å². The van der Waals surface area contributed by atoms with Crippen molar-refractivity contribution in [2.45, 2.75) is 39.3 Å². The van der Waals surface area contributed by atoms with Crippen molar-refractivity contribution in [1.82, 2.24) is 9.80 Å². The van der Waals surface area contributed by atoms with E-state index < -0.39 is 0 Å². The van der Waals surface area contributed by atoms with Crippen molar-refractivity contribution in [2.24, 2.45) is 5.73 Å². The van der Waals surface area contributed by atoms with Gasteiger partial charge in [0.05, 0.1) is 0 Å². The second-order valence-electron chi connectivity index (χ2n) is 5.76. The summed E-state index contributed by atoms with van der Waals surface area (Å²) in [5, 5.41) is 0.886. The highest BCUT2D eigenvalue weighted by Crippen LogP contribution is 2.36.